The van der Waals surface area contributed by atoms with Gasteiger partial charge in [0, 0.05) is 25.2 Å². The van der Waals surface area contributed by atoms with E-state index in [-0.39, 0.29) is 35.0 Å². The summed E-state index contributed by atoms with van der Waals surface area (Å²) in [5.41, 5.74) is 1.78. The SMILES string of the molecule is C/C=C/[C@H](OC(=O)N(C(C)C)C(C)C)B1N(S(=O)(=O)c2ccc(C)cc2)CCN1S(=O)(=O)c1ccc(C)cc1. The van der Waals surface area contributed by atoms with E-state index in [0.29, 0.717) is 0 Å². The van der Waals surface area contributed by atoms with Crippen LogP contribution in [0.3, 0.4) is 0 Å². The minimum atomic E-state index is -4.15. The van der Waals surface area contributed by atoms with Crippen molar-refractivity contribution in [2.45, 2.75) is 76.3 Å². The molecule has 0 unspecified atom stereocenters. The number of amides is 1. The van der Waals surface area contributed by atoms with Gasteiger partial charge >= 0.3 is 13.1 Å². The highest BCUT2D eigenvalue weighted by molar-refractivity contribution is 7.92. The fraction of sp³-hybridized carbons (Fsp3) is 0.444. The summed E-state index contributed by atoms with van der Waals surface area (Å²) in [6.07, 6.45) is 2.50. The molecule has 212 valence electrons. The number of aryl methyl sites for hydroxylation is 2. The minimum Gasteiger partial charge on any atom is -0.447 e. The molecule has 1 saturated heterocycles. The van der Waals surface area contributed by atoms with Crippen LogP contribution >= 0.6 is 0 Å². The number of carbonyl (C=O) groups excluding carboxylic acids is 1. The van der Waals surface area contributed by atoms with Crippen LogP contribution in [0.15, 0.2) is 70.5 Å². The largest absolute Gasteiger partial charge is 0.447 e. The molecular weight excluding hydrogens is 537 g/mol. The molecule has 0 aromatic heterocycles. The van der Waals surface area contributed by atoms with E-state index in [4.69, 9.17) is 4.74 Å². The third-order valence-corrected chi connectivity index (χ3v) is 10.4. The molecule has 39 heavy (non-hydrogen) atoms. The Bertz CT molecular complexity index is 1300. The van der Waals surface area contributed by atoms with Crippen LogP contribution in [-0.4, -0.2) is 74.4 Å². The number of hydrogen-bond acceptors (Lipinski definition) is 6. The summed E-state index contributed by atoms with van der Waals surface area (Å²) >= 11 is 0. The predicted molar refractivity (Wildman–Crippen MR) is 153 cm³/mol. The van der Waals surface area contributed by atoms with Crippen molar-refractivity contribution in [3.63, 3.8) is 0 Å². The van der Waals surface area contributed by atoms with Crippen molar-refractivity contribution in [3.05, 3.63) is 71.8 Å². The number of rotatable bonds is 9. The van der Waals surface area contributed by atoms with Gasteiger partial charge in [-0.1, -0.05) is 47.5 Å². The first-order valence-corrected chi connectivity index (χ1v) is 15.9. The van der Waals surface area contributed by atoms with Crippen LogP contribution in [0.2, 0.25) is 0 Å². The number of nitrogens with zero attached hydrogens (tertiary/aromatic N) is 3. The van der Waals surface area contributed by atoms with Crippen LogP contribution in [0.5, 0.6) is 0 Å². The maximum absolute atomic E-state index is 13.9. The van der Waals surface area contributed by atoms with Crippen molar-refractivity contribution in [1.82, 2.24) is 13.3 Å². The summed E-state index contributed by atoms with van der Waals surface area (Å²) in [6, 6.07) is 11.1. The lowest BCUT2D eigenvalue weighted by Crippen LogP contribution is -2.58. The van der Waals surface area contributed by atoms with E-state index < -0.39 is 39.1 Å². The van der Waals surface area contributed by atoms with Crippen molar-refractivity contribution in [2.24, 2.45) is 0 Å². The number of carbonyl (C=O) groups is 1. The molecule has 1 heterocycles. The van der Waals surface area contributed by atoms with Crippen LogP contribution in [0.1, 0.15) is 45.7 Å². The zero-order valence-electron chi connectivity index (χ0n) is 23.6. The number of hydrogen-bond donors (Lipinski definition) is 0. The maximum Gasteiger partial charge on any atom is 0.410 e. The standard InChI is InChI=1S/C27H38BN3O6S2/c1-8-9-26(37-27(32)31(20(2)3)21(4)5)28-29(38(33,34)24-14-10-22(6)11-15-24)18-19-30(28)39(35,36)25-16-12-23(7)13-17-25/h8-17,20-21,26H,18-19H2,1-7H3/b9-8+/t26-/m0/s1. The number of allylic oxidation sites excluding steroid dienone is 1. The smallest absolute Gasteiger partial charge is 0.410 e. The monoisotopic (exact) mass is 575 g/mol. The molecule has 1 amide bonds. The van der Waals surface area contributed by atoms with E-state index >= 15 is 0 Å². The molecule has 2 aromatic carbocycles. The Balaban J connectivity index is 2.14. The molecule has 0 radical (unpaired) electrons. The van der Waals surface area contributed by atoms with Gasteiger partial charge in [-0.25, -0.2) is 30.1 Å². The third kappa shape index (κ3) is 6.57. The van der Waals surface area contributed by atoms with Crippen molar-refractivity contribution in [3.8, 4) is 0 Å². The lowest BCUT2D eigenvalue weighted by molar-refractivity contribution is 0.0755. The van der Waals surface area contributed by atoms with E-state index in [1.807, 2.05) is 41.5 Å². The fourth-order valence-corrected chi connectivity index (χ4v) is 7.98. The van der Waals surface area contributed by atoms with Gasteiger partial charge in [0.05, 0.1) is 9.79 Å². The average molecular weight is 576 g/mol. The van der Waals surface area contributed by atoms with Crippen molar-refractivity contribution in [2.75, 3.05) is 13.1 Å². The molecule has 0 bridgehead atoms. The van der Waals surface area contributed by atoms with Gasteiger partial charge in [-0.15, -0.1) is 0 Å². The molecule has 9 nitrogen and oxygen atoms in total. The van der Waals surface area contributed by atoms with Crippen LogP contribution in [-0.2, 0) is 24.8 Å². The molecule has 0 aliphatic carbocycles. The Morgan fingerprint density at radius 3 is 1.54 bits per heavy atom. The molecule has 12 heteroatoms. The molecular formula is C27H38BN3O6S2. The van der Waals surface area contributed by atoms with Gasteiger partial charge < -0.3 is 9.64 Å². The lowest BCUT2D eigenvalue weighted by Gasteiger charge is -2.34. The summed E-state index contributed by atoms with van der Waals surface area (Å²) in [5.74, 6) is 0. The van der Waals surface area contributed by atoms with E-state index in [1.54, 1.807) is 37.3 Å². The summed E-state index contributed by atoms with van der Waals surface area (Å²) in [7, 11) is -8.30. The Kier molecular flexibility index (Phi) is 9.69. The van der Waals surface area contributed by atoms with Crippen LogP contribution in [0, 0.1) is 13.8 Å². The zero-order chi connectivity index (χ0) is 29.1. The second kappa shape index (κ2) is 12.2. The van der Waals surface area contributed by atoms with Crippen molar-refractivity contribution >= 4 is 33.1 Å². The zero-order valence-corrected chi connectivity index (χ0v) is 25.2. The summed E-state index contributed by atoms with van der Waals surface area (Å²) in [6.45, 7) is 11.3. The minimum absolute atomic E-state index is 0.0317. The summed E-state index contributed by atoms with van der Waals surface area (Å²) < 4.78 is 63.7. The van der Waals surface area contributed by atoms with Gasteiger partial charge in [-0.2, -0.15) is 0 Å². The van der Waals surface area contributed by atoms with E-state index in [0.717, 1.165) is 19.6 Å². The van der Waals surface area contributed by atoms with Gasteiger partial charge in [0.2, 0.25) is 20.0 Å². The van der Waals surface area contributed by atoms with E-state index in [2.05, 4.69) is 0 Å². The number of sulfonamides is 2. The normalized spacial score (nSPS) is 16.4. The highest BCUT2D eigenvalue weighted by Gasteiger charge is 2.54. The van der Waals surface area contributed by atoms with Gasteiger partial charge in [0.1, 0.15) is 6.00 Å². The molecule has 0 saturated carbocycles. The fourth-order valence-electron chi connectivity index (χ4n) is 4.73. The first-order chi connectivity index (χ1) is 18.2. The Morgan fingerprint density at radius 1 is 0.821 bits per heavy atom. The maximum atomic E-state index is 13.9. The third-order valence-electron chi connectivity index (χ3n) is 6.62. The molecule has 3 rings (SSSR count). The summed E-state index contributed by atoms with van der Waals surface area (Å²) in [4.78, 5) is 14.9. The molecule has 2 aromatic rings. The Hall–Kier alpha value is -2.67. The molecule has 1 aliphatic heterocycles. The summed E-state index contributed by atoms with van der Waals surface area (Å²) in [5, 5.41) is 0. The van der Waals surface area contributed by atoms with Gasteiger partial charge in [0.25, 0.3) is 0 Å². The highest BCUT2D eigenvalue weighted by atomic mass is 32.2. The number of benzene rings is 2. The Labute approximate surface area is 233 Å². The highest BCUT2D eigenvalue weighted by Crippen LogP contribution is 2.31. The second-order valence-corrected chi connectivity index (χ2v) is 14.0. The molecule has 1 atom stereocenters. The first kappa shape index (κ1) is 30.9. The molecule has 1 fully saturated rings. The van der Waals surface area contributed by atoms with E-state index in [1.165, 1.54) is 35.2 Å². The quantitative estimate of drug-likeness (QED) is 0.328. The van der Waals surface area contributed by atoms with Gasteiger partial charge in [-0.3, -0.25) is 0 Å². The first-order valence-electron chi connectivity index (χ1n) is 13.0. The second-order valence-electron chi connectivity index (χ2n) is 10.2. The Morgan fingerprint density at radius 2 is 1.21 bits per heavy atom. The van der Waals surface area contributed by atoms with Crippen molar-refractivity contribution in [1.29, 1.82) is 0 Å². The van der Waals surface area contributed by atoms with Crippen molar-refractivity contribution < 1.29 is 26.4 Å². The lowest BCUT2D eigenvalue weighted by atomic mass is 9.70. The van der Waals surface area contributed by atoms with Crippen LogP contribution in [0.4, 0.5) is 4.79 Å². The average Bonchev–Trinajstić information content (AvgIpc) is 3.31. The van der Waals surface area contributed by atoms with Gasteiger partial charge in [-0.05, 0) is 72.7 Å². The molecule has 0 spiro atoms. The number of ether oxygens (including phenoxy) is 1. The topological polar surface area (TPSA) is 104 Å². The predicted octanol–water partition coefficient (Wildman–Crippen LogP) is 4.23. The van der Waals surface area contributed by atoms with E-state index in [9.17, 15) is 21.6 Å². The van der Waals surface area contributed by atoms with Crippen LogP contribution in [0.25, 0.3) is 0 Å². The van der Waals surface area contributed by atoms with Crippen LogP contribution < -0.4 is 0 Å². The van der Waals surface area contributed by atoms with Gasteiger partial charge in [0.15, 0.2) is 0 Å². The molecule has 1 aliphatic rings. The molecule has 0 N–H and O–H groups in total.